The third-order valence-corrected chi connectivity index (χ3v) is 7.31. The van der Waals surface area contributed by atoms with Gasteiger partial charge in [-0.05, 0) is 53.9 Å². The van der Waals surface area contributed by atoms with Crippen molar-refractivity contribution in [3.05, 3.63) is 90.0 Å². The Morgan fingerprint density at radius 2 is 1.59 bits per heavy atom. The van der Waals surface area contributed by atoms with Gasteiger partial charge < -0.3 is 19.7 Å². The number of methoxy groups -OCH3 is 1. The van der Waals surface area contributed by atoms with E-state index < -0.39 is 28.5 Å². The van der Waals surface area contributed by atoms with Crippen LogP contribution >= 0.6 is 0 Å². The normalized spacial score (nSPS) is 11.8. The number of sulfonamides is 1. The quantitative estimate of drug-likeness (QED) is 0.347. The van der Waals surface area contributed by atoms with Crippen molar-refractivity contribution in [3.63, 3.8) is 0 Å². The largest absolute Gasteiger partial charge is 0.497 e. The highest BCUT2D eigenvalue weighted by Gasteiger charge is 2.31. The fourth-order valence-corrected chi connectivity index (χ4v) is 4.97. The van der Waals surface area contributed by atoms with E-state index in [1.807, 2.05) is 36.4 Å². The molecule has 3 rings (SSSR count). The summed E-state index contributed by atoms with van der Waals surface area (Å²) in [5, 5.41) is 2.60. The zero-order valence-electron chi connectivity index (χ0n) is 22.7. The molecule has 0 spiro atoms. The molecule has 3 aromatic rings. The van der Waals surface area contributed by atoms with Gasteiger partial charge in [-0.2, -0.15) is 0 Å². The summed E-state index contributed by atoms with van der Waals surface area (Å²) in [4.78, 5) is 27.8. The molecule has 0 aliphatic carbocycles. The van der Waals surface area contributed by atoms with Crippen molar-refractivity contribution >= 4 is 27.5 Å². The molecule has 39 heavy (non-hydrogen) atoms. The summed E-state index contributed by atoms with van der Waals surface area (Å²) in [6, 6.07) is 22.6. The number of benzene rings is 3. The number of carbonyl (C=O) groups is 2. The van der Waals surface area contributed by atoms with Crippen LogP contribution in [-0.4, -0.2) is 58.1 Å². The number of amides is 2. The maximum atomic E-state index is 13.7. The molecule has 0 aromatic heterocycles. The molecule has 0 bridgehead atoms. The van der Waals surface area contributed by atoms with Gasteiger partial charge in [-0.1, -0.05) is 49.4 Å². The second-order valence-corrected chi connectivity index (χ2v) is 10.9. The number of hydrogen-bond acceptors (Lipinski definition) is 6. The van der Waals surface area contributed by atoms with Crippen LogP contribution in [0.25, 0.3) is 0 Å². The summed E-state index contributed by atoms with van der Waals surface area (Å²) in [6.07, 6.45) is 1.39. The topological polar surface area (TPSA) is 105 Å². The summed E-state index contributed by atoms with van der Waals surface area (Å²) in [6.45, 7) is 1.80. The Hall–Kier alpha value is -4.05. The Bertz CT molecular complexity index is 1350. The first-order chi connectivity index (χ1) is 18.7. The van der Waals surface area contributed by atoms with Gasteiger partial charge in [0.05, 0.1) is 19.1 Å². The highest BCUT2D eigenvalue weighted by Crippen LogP contribution is 2.24. The van der Waals surface area contributed by atoms with Gasteiger partial charge in [0.25, 0.3) is 0 Å². The van der Waals surface area contributed by atoms with Crippen LogP contribution in [0.2, 0.25) is 0 Å². The second kappa shape index (κ2) is 13.7. The molecule has 9 nitrogen and oxygen atoms in total. The maximum Gasteiger partial charge on any atom is 0.244 e. The fraction of sp³-hybridized carbons (Fsp3) is 0.310. The molecule has 1 N–H and O–H groups in total. The average molecular weight is 554 g/mol. The summed E-state index contributed by atoms with van der Waals surface area (Å²) < 4.78 is 37.7. The molecule has 3 aromatic carbocycles. The molecule has 0 aliphatic rings. The van der Waals surface area contributed by atoms with Crippen LogP contribution < -0.4 is 19.1 Å². The average Bonchev–Trinajstić information content (AvgIpc) is 2.94. The standard InChI is InChI=1S/C29H35N3O6S/c1-5-27(29(34)30-2)31(19-23-12-9-13-26(18-23)37-3)28(33)20-32(39(4,35)36)24-14-16-25(17-15-24)38-21-22-10-7-6-8-11-22/h6-18,27H,5,19-21H2,1-4H3,(H,30,34). The highest BCUT2D eigenvalue weighted by molar-refractivity contribution is 7.92. The van der Waals surface area contributed by atoms with E-state index in [9.17, 15) is 18.0 Å². The summed E-state index contributed by atoms with van der Waals surface area (Å²) in [7, 11) is -0.784. The van der Waals surface area contributed by atoms with Crippen LogP contribution in [-0.2, 0) is 32.8 Å². The zero-order chi connectivity index (χ0) is 28.4. The van der Waals surface area contributed by atoms with E-state index in [0.717, 1.165) is 21.7 Å². The molecule has 10 heteroatoms. The van der Waals surface area contributed by atoms with E-state index in [-0.39, 0.29) is 12.5 Å². The molecule has 208 valence electrons. The van der Waals surface area contributed by atoms with Crippen molar-refractivity contribution < 1.29 is 27.5 Å². The summed E-state index contributed by atoms with van der Waals surface area (Å²) in [5.74, 6) is 0.329. The SMILES string of the molecule is CCC(C(=O)NC)N(Cc1cccc(OC)c1)C(=O)CN(c1ccc(OCc2ccccc2)cc1)S(C)(=O)=O. The molecule has 1 atom stereocenters. The van der Waals surface area contributed by atoms with Crippen molar-refractivity contribution in [2.45, 2.75) is 32.5 Å². The lowest BCUT2D eigenvalue weighted by Crippen LogP contribution is -2.51. The minimum absolute atomic E-state index is 0.103. The number of likely N-dealkylation sites (N-methyl/N-ethyl adjacent to an activating group) is 1. The van der Waals surface area contributed by atoms with Crippen LogP contribution in [0.3, 0.4) is 0 Å². The molecule has 0 aliphatic heterocycles. The van der Waals surface area contributed by atoms with E-state index in [0.29, 0.717) is 30.2 Å². The van der Waals surface area contributed by atoms with Crippen molar-refractivity contribution in [1.29, 1.82) is 0 Å². The second-order valence-electron chi connectivity index (χ2n) is 8.95. The highest BCUT2D eigenvalue weighted by atomic mass is 32.2. The molecule has 0 saturated heterocycles. The van der Waals surface area contributed by atoms with Crippen molar-refractivity contribution in [2.75, 3.05) is 31.3 Å². The molecule has 0 heterocycles. The first-order valence-electron chi connectivity index (χ1n) is 12.5. The number of ether oxygens (including phenoxy) is 2. The van der Waals surface area contributed by atoms with Crippen LogP contribution in [0.1, 0.15) is 24.5 Å². The lowest BCUT2D eigenvalue weighted by Gasteiger charge is -2.32. The summed E-state index contributed by atoms with van der Waals surface area (Å²) >= 11 is 0. The van der Waals surface area contributed by atoms with Gasteiger partial charge in [-0.3, -0.25) is 13.9 Å². The van der Waals surface area contributed by atoms with Crippen molar-refractivity contribution in [1.82, 2.24) is 10.2 Å². The first-order valence-corrected chi connectivity index (χ1v) is 14.4. The Balaban J connectivity index is 1.84. The Morgan fingerprint density at radius 1 is 0.923 bits per heavy atom. The maximum absolute atomic E-state index is 13.7. The van der Waals surface area contributed by atoms with Gasteiger partial charge in [0.1, 0.15) is 30.7 Å². The molecule has 0 radical (unpaired) electrons. The van der Waals surface area contributed by atoms with E-state index in [1.54, 1.807) is 56.5 Å². The molecule has 1 unspecified atom stereocenters. The predicted molar refractivity (Wildman–Crippen MR) is 151 cm³/mol. The predicted octanol–water partition coefficient (Wildman–Crippen LogP) is 3.59. The van der Waals surface area contributed by atoms with E-state index in [2.05, 4.69) is 5.32 Å². The minimum Gasteiger partial charge on any atom is -0.497 e. The van der Waals surface area contributed by atoms with E-state index in [4.69, 9.17) is 9.47 Å². The van der Waals surface area contributed by atoms with Crippen LogP contribution in [0.15, 0.2) is 78.9 Å². The van der Waals surface area contributed by atoms with Gasteiger partial charge in [0, 0.05) is 13.6 Å². The molecule has 2 amide bonds. The summed E-state index contributed by atoms with van der Waals surface area (Å²) in [5.41, 5.74) is 2.06. The lowest BCUT2D eigenvalue weighted by atomic mass is 10.1. The number of nitrogens with zero attached hydrogens (tertiary/aromatic N) is 2. The number of hydrogen-bond donors (Lipinski definition) is 1. The zero-order valence-corrected chi connectivity index (χ0v) is 23.5. The number of nitrogens with one attached hydrogen (secondary N) is 1. The number of carbonyl (C=O) groups excluding carboxylic acids is 2. The first kappa shape index (κ1) is 29.5. The van der Waals surface area contributed by atoms with Crippen LogP contribution in [0.5, 0.6) is 11.5 Å². The number of anilines is 1. The minimum atomic E-state index is -3.83. The van der Waals surface area contributed by atoms with Crippen molar-refractivity contribution in [3.8, 4) is 11.5 Å². The molecular weight excluding hydrogens is 518 g/mol. The Morgan fingerprint density at radius 3 is 2.18 bits per heavy atom. The molecule has 0 fully saturated rings. The third-order valence-electron chi connectivity index (χ3n) is 6.17. The van der Waals surface area contributed by atoms with Crippen LogP contribution in [0, 0.1) is 0 Å². The molecular formula is C29H35N3O6S. The smallest absolute Gasteiger partial charge is 0.244 e. The van der Waals surface area contributed by atoms with E-state index in [1.165, 1.54) is 11.9 Å². The van der Waals surface area contributed by atoms with E-state index >= 15 is 0 Å². The van der Waals surface area contributed by atoms with Crippen molar-refractivity contribution in [2.24, 2.45) is 0 Å². The van der Waals surface area contributed by atoms with Crippen LogP contribution in [0.4, 0.5) is 5.69 Å². The Labute approximate surface area is 230 Å². The monoisotopic (exact) mass is 553 g/mol. The van der Waals surface area contributed by atoms with Gasteiger partial charge >= 0.3 is 0 Å². The fourth-order valence-electron chi connectivity index (χ4n) is 4.12. The van der Waals surface area contributed by atoms with Gasteiger partial charge in [0.2, 0.25) is 21.8 Å². The van der Waals surface area contributed by atoms with Gasteiger partial charge in [0.15, 0.2) is 0 Å². The number of rotatable bonds is 13. The van der Waals surface area contributed by atoms with Gasteiger partial charge in [-0.25, -0.2) is 8.42 Å². The molecule has 0 saturated carbocycles. The third kappa shape index (κ3) is 8.22. The van der Waals surface area contributed by atoms with Gasteiger partial charge in [-0.15, -0.1) is 0 Å². The lowest BCUT2D eigenvalue weighted by molar-refractivity contribution is -0.140. The Kier molecular flexibility index (Phi) is 10.3.